The minimum atomic E-state index is -1.59. The lowest BCUT2D eigenvalue weighted by molar-refractivity contribution is 0.0692. The molecular weight excluding hydrogens is 437 g/mol. The summed E-state index contributed by atoms with van der Waals surface area (Å²) in [7, 11) is 0. The number of nitrogens with zero attached hydrogens (tertiary/aromatic N) is 1. The van der Waals surface area contributed by atoms with Crippen LogP contribution in [0.2, 0.25) is 0 Å². The fourth-order valence-electron chi connectivity index (χ4n) is 2.39. The molecule has 1 heterocycles. The highest BCUT2D eigenvalue weighted by Crippen LogP contribution is 2.40. The van der Waals surface area contributed by atoms with E-state index in [2.05, 4.69) is 31.9 Å². The lowest BCUT2D eigenvalue weighted by Gasteiger charge is -2.19. The second kappa shape index (κ2) is 5.54. The zero-order valence-corrected chi connectivity index (χ0v) is 14.3. The predicted octanol–water partition coefficient (Wildman–Crippen LogP) is 3.85. The molecule has 1 aliphatic heterocycles. The number of rotatable bonds is 2. The van der Waals surface area contributed by atoms with Crippen molar-refractivity contribution in [3.05, 3.63) is 61.8 Å². The van der Waals surface area contributed by atoms with Crippen molar-refractivity contribution in [2.45, 2.75) is 0 Å². The van der Waals surface area contributed by atoms with E-state index in [9.17, 15) is 23.9 Å². The molecule has 2 aromatic rings. The fourth-order valence-corrected chi connectivity index (χ4v) is 3.73. The Morgan fingerprint density at radius 2 is 1.57 bits per heavy atom. The van der Waals surface area contributed by atoms with Gasteiger partial charge in [0.2, 0.25) is 0 Å². The number of hydrogen-bond donors (Lipinski definition) is 1. The van der Waals surface area contributed by atoms with E-state index in [1.807, 2.05) is 0 Å². The number of carbonyl (C=O) groups is 3. The minimum absolute atomic E-state index is 0.0952. The van der Waals surface area contributed by atoms with Crippen molar-refractivity contribution in [2.24, 2.45) is 0 Å². The first kappa shape index (κ1) is 15.8. The molecule has 2 aromatic carbocycles. The molecule has 2 amide bonds. The predicted molar refractivity (Wildman–Crippen MR) is 86.3 cm³/mol. The number of hydrogen-bond acceptors (Lipinski definition) is 3. The molecule has 1 aliphatic rings. The molecule has 0 fully saturated rings. The Balaban J connectivity index is 2.29. The summed E-state index contributed by atoms with van der Waals surface area (Å²) < 4.78 is 14.2. The molecule has 23 heavy (non-hydrogen) atoms. The average Bonchev–Trinajstić information content (AvgIpc) is 2.75. The molecule has 0 unspecified atom stereocenters. The standard InChI is InChI=1S/C15H6Br2FNO4/c16-8-5-9(17)12(10(11(8)18)15(22)23)19-13(20)6-3-1-2-4-7(6)14(19)21/h1-5H,(H,22,23). The number of anilines is 1. The number of aromatic carboxylic acids is 1. The summed E-state index contributed by atoms with van der Waals surface area (Å²) in [6, 6.07) is 7.34. The van der Waals surface area contributed by atoms with E-state index in [1.165, 1.54) is 18.2 Å². The summed E-state index contributed by atoms with van der Waals surface area (Å²) in [5, 5.41) is 9.31. The Bertz CT molecular complexity index is 862. The lowest BCUT2D eigenvalue weighted by Crippen LogP contribution is -2.32. The van der Waals surface area contributed by atoms with E-state index < -0.39 is 29.2 Å². The van der Waals surface area contributed by atoms with E-state index in [4.69, 9.17) is 0 Å². The Kier molecular flexibility index (Phi) is 3.81. The normalized spacial score (nSPS) is 13.4. The van der Waals surface area contributed by atoms with Gasteiger partial charge in [-0.05, 0) is 50.1 Å². The van der Waals surface area contributed by atoms with Crippen molar-refractivity contribution in [3.63, 3.8) is 0 Å². The van der Waals surface area contributed by atoms with Gasteiger partial charge in [0.25, 0.3) is 11.8 Å². The van der Waals surface area contributed by atoms with Crippen LogP contribution in [0.3, 0.4) is 0 Å². The van der Waals surface area contributed by atoms with Gasteiger partial charge >= 0.3 is 5.97 Å². The molecule has 0 radical (unpaired) electrons. The van der Waals surface area contributed by atoms with Crippen LogP contribution in [0.1, 0.15) is 31.1 Å². The van der Waals surface area contributed by atoms with Gasteiger partial charge in [0, 0.05) is 4.47 Å². The van der Waals surface area contributed by atoms with E-state index in [0.29, 0.717) is 4.90 Å². The molecule has 1 N–H and O–H groups in total. The molecule has 0 aromatic heterocycles. The number of carbonyl (C=O) groups excluding carboxylic acids is 2. The van der Waals surface area contributed by atoms with Crippen LogP contribution in [0.15, 0.2) is 39.3 Å². The van der Waals surface area contributed by atoms with Crippen LogP contribution >= 0.6 is 31.9 Å². The van der Waals surface area contributed by atoms with Crippen LogP contribution in [0.4, 0.5) is 10.1 Å². The highest BCUT2D eigenvalue weighted by Gasteiger charge is 2.40. The van der Waals surface area contributed by atoms with Crippen LogP contribution < -0.4 is 4.90 Å². The highest BCUT2D eigenvalue weighted by atomic mass is 79.9. The summed E-state index contributed by atoms with van der Waals surface area (Å²) in [4.78, 5) is 37.1. The fraction of sp³-hybridized carbons (Fsp3) is 0. The summed E-state index contributed by atoms with van der Waals surface area (Å²) in [5.74, 6) is -4.05. The monoisotopic (exact) mass is 441 g/mol. The molecule has 0 bridgehead atoms. The Morgan fingerprint density at radius 1 is 1.04 bits per heavy atom. The maximum absolute atomic E-state index is 14.2. The number of benzene rings is 2. The first-order valence-corrected chi connectivity index (χ1v) is 7.81. The summed E-state index contributed by atoms with van der Waals surface area (Å²) in [6.07, 6.45) is 0. The van der Waals surface area contributed by atoms with E-state index >= 15 is 0 Å². The second-order valence-electron chi connectivity index (χ2n) is 4.67. The van der Waals surface area contributed by atoms with E-state index in [0.717, 1.165) is 0 Å². The van der Waals surface area contributed by atoms with E-state index in [-0.39, 0.29) is 25.8 Å². The maximum atomic E-state index is 14.2. The zero-order chi connectivity index (χ0) is 16.9. The molecule has 116 valence electrons. The van der Waals surface area contributed by atoms with Gasteiger partial charge in [0.05, 0.1) is 21.3 Å². The first-order chi connectivity index (χ1) is 10.8. The van der Waals surface area contributed by atoms with Gasteiger partial charge in [-0.2, -0.15) is 0 Å². The Hall–Kier alpha value is -2.06. The molecule has 8 heteroatoms. The van der Waals surface area contributed by atoms with Crippen molar-refractivity contribution in [1.82, 2.24) is 0 Å². The number of imide groups is 1. The Morgan fingerprint density at radius 3 is 2.04 bits per heavy atom. The minimum Gasteiger partial charge on any atom is -0.478 e. The molecule has 0 aliphatic carbocycles. The quantitative estimate of drug-likeness (QED) is 0.566. The maximum Gasteiger partial charge on any atom is 0.340 e. The molecule has 0 atom stereocenters. The topological polar surface area (TPSA) is 74.7 Å². The molecular formula is C15H6Br2FNO4. The first-order valence-electron chi connectivity index (χ1n) is 6.23. The summed E-state index contributed by atoms with van der Waals surface area (Å²) >= 11 is 6.01. The van der Waals surface area contributed by atoms with Gasteiger partial charge < -0.3 is 5.11 Å². The molecule has 0 saturated carbocycles. The third-order valence-electron chi connectivity index (χ3n) is 3.38. The number of halogens is 3. The van der Waals surface area contributed by atoms with Crippen LogP contribution in [-0.4, -0.2) is 22.9 Å². The number of carboxylic acids is 1. The zero-order valence-electron chi connectivity index (χ0n) is 11.1. The highest BCUT2D eigenvalue weighted by molar-refractivity contribution is 9.11. The second-order valence-corrected chi connectivity index (χ2v) is 6.38. The molecule has 3 rings (SSSR count). The van der Waals surface area contributed by atoms with Gasteiger partial charge in [-0.1, -0.05) is 12.1 Å². The van der Waals surface area contributed by atoms with Crippen LogP contribution in [0.25, 0.3) is 0 Å². The van der Waals surface area contributed by atoms with Crippen molar-refractivity contribution in [2.75, 3.05) is 4.90 Å². The van der Waals surface area contributed by atoms with Crippen molar-refractivity contribution in [1.29, 1.82) is 0 Å². The largest absolute Gasteiger partial charge is 0.478 e. The average molecular weight is 443 g/mol. The third kappa shape index (κ3) is 2.29. The summed E-state index contributed by atoms with van der Waals surface area (Å²) in [5.41, 5.74) is -0.807. The van der Waals surface area contributed by atoms with Crippen LogP contribution in [-0.2, 0) is 0 Å². The van der Waals surface area contributed by atoms with Crippen molar-refractivity contribution < 1.29 is 23.9 Å². The van der Waals surface area contributed by atoms with Gasteiger partial charge in [-0.15, -0.1) is 0 Å². The molecule has 0 spiro atoms. The van der Waals surface area contributed by atoms with Crippen LogP contribution in [0.5, 0.6) is 0 Å². The van der Waals surface area contributed by atoms with Gasteiger partial charge in [0.1, 0.15) is 5.56 Å². The van der Waals surface area contributed by atoms with Gasteiger partial charge in [0.15, 0.2) is 5.82 Å². The smallest absolute Gasteiger partial charge is 0.340 e. The Labute approximate surface area is 146 Å². The lowest BCUT2D eigenvalue weighted by atomic mass is 10.1. The number of fused-ring (bicyclic) bond motifs is 1. The van der Waals surface area contributed by atoms with E-state index in [1.54, 1.807) is 12.1 Å². The van der Waals surface area contributed by atoms with Gasteiger partial charge in [-0.3, -0.25) is 9.59 Å². The number of carboxylic acid groups (broad SMARTS) is 1. The van der Waals surface area contributed by atoms with Gasteiger partial charge in [-0.25, -0.2) is 14.1 Å². The summed E-state index contributed by atoms with van der Waals surface area (Å²) in [6.45, 7) is 0. The van der Waals surface area contributed by atoms with Crippen molar-refractivity contribution >= 4 is 55.3 Å². The third-order valence-corrected chi connectivity index (χ3v) is 4.56. The SMILES string of the molecule is O=C(O)c1c(F)c(Br)cc(Br)c1N1C(=O)c2ccccc2C1=O. The van der Waals surface area contributed by atoms with Crippen LogP contribution in [0, 0.1) is 5.82 Å². The molecule has 5 nitrogen and oxygen atoms in total. The number of amides is 2. The van der Waals surface area contributed by atoms with Crippen molar-refractivity contribution in [3.8, 4) is 0 Å². The molecule has 0 saturated heterocycles.